The topological polar surface area (TPSA) is 78.0 Å². The van der Waals surface area contributed by atoms with E-state index >= 15 is 0 Å². The van der Waals surface area contributed by atoms with Crippen LogP contribution in [-0.4, -0.2) is 20.0 Å². The molecule has 3 rings (SSSR count). The lowest BCUT2D eigenvalue weighted by molar-refractivity contribution is 0.475. The van der Waals surface area contributed by atoms with Crippen LogP contribution in [0.15, 0.2) is 49.1 Å². The van der Waals surface area contributed by atoms with Crippen LogP contribution in [0.25, 0.3) is 0 Å². The Balaban J connectivity index is 2.02. The summed E-state index contributed by atoms with van der Waals surface area (Å²) < 4.78 is 1.68. The van der Waals surface area contributed by atoms with Gasteiger partial charge < -0.3 is 5.11 Å². The molecule has 8 heteroatoms. The fourth-order valence-electron chi connectivity index (χ4n) is 2.22. The molecule has 1 N–H and O–H groups in total. The summed E-state index contributed by atoms with van der Waals surface area (Å²) in [5, 5.41) is 28.7. The summed E-state index contributed by atoms with van der Waals surface area (Å²) in [5.41, 5.74) is 2.01. The second-order valence-corrected chi connectivity index (χ2v) is 5.76. The lowest BCUT2D eigenvalue weighted by atomic mass is 10.2. The minimum Gasteiger partial charge on any atom is -0.508 e. The van der Waals surface area contributed by atoms with Crippen LogP contribution in [0, 0.1) is 11.3 Å². The van der Waals surface area contributed by atoms with Crippen LogP contribution in [0.1, 0.15) is 11.1 Å². The quantitative estimate of drug-likeness (QED) is 0.769. The summed E-state index contributed by atoms with van der Waals surface area (Å²) in [6.45, 7) is 0.321. The van der Waals surface area contributed by atoms with Crippen molar-refractivity contribution < 1.29 is 5.11 Å². The van der Waals surface area contributed by atoms with Crippen molar-refractivity contribution in [1.29, 1.82) is 5.26 Å². The molecule has 1 heterocycles. The average Bonchev–Trinajstić information content (AvgIpc) is 3.08. The molecular formula is C16H11Cl2N5O. The molecule has 0 saturated heterocycles. The first kappa shape index (κ1) is 16.1. The van der Waals surface area contributed by atoms with Gasteiger partial charge in [-0.2, -0.15) is 5.26 Å². The Labute approximate surface area is 148 Å². The Morgan fingerprint density at radius 2 is 1.67 bits per heavy atom. The first-order chi connectivity index (χ1) is 11.6. The highest BCUT2D eigenvalue weighted by Gasteiger charge is 2.15. The number of hydrogen-bond donors (Lipinski definition) is 1. The molecule has 0 aliphatic carbocycles. The number of aromatic hydroxyl groups is 1. The lowest BCUT2D eigenvalue weighted by Crippen LogP contribution is -2.28. The molecule has 0 bridgehead atoms. The summed E-state index contributed by atoms with van der Waals surface area (Å²) in [6, 6.07) is 12.0. The first-order valence-corrected chi connectivity index (χ1v) is 7.63. The number of benzene rings is 2. The van der Waals surface area contributed by atoms with Crippen LogP contribution in [0.4, 0.5) is 5.69 Å². The second kappa shape index (κ2) is 6.79. The van der Waals surface area contributed by atoms with E-state index < -0.39 is 0 Å². The molecule has 0 aliphatic rings. The third kappa shape index (κ3) is 3.27. The molecule has 0 atom stereocenters. The van der Waals surface area contributed by atoms with E-state index in [1.165, 1.54) is 12.1 Å². The van der Waals surface area contributed by atoms with Crippen LogP contribution >= 0.6 is 23.2 Å². The minimum absolute atomic E-state index is 0.00275. The number of nitriles is 1. The van der Waals surface area contributed by atoms with Crippen molar-refractivity contribution in [3.63, 3.8) is 0 Å². The molecule has 0 amide bonds. The van der Waals surface area contributed by atoms with Crippen LogP contribution in [0.3, 0.4) is 0 Å². The van der Waals surface area contributed by atoms with Crippen molar-refractivity contribution in [1.82, 2.24) is 14.9 Å². The predicted octanol–water partition coefficient (Wildman–Crippen LogP) is 3.63. The highest BCUT2D eigenvalue weighted by Crippen LogP contribution is 2.32. The molecular weight excluding hydrogens is 349 g/mol. The van der Waals surface area contributed by atoms with Gasteiger partial charge in [0.25, 0.3) is 0 Å². The van der Waals surface area contributed by atoms with E-state index in [2.05, 4.69) is 16.3 Å². The molecule has 24 heavy (non-hydrogen) atoms. The standard InChI is InChI=1S/C16H11Cl2N5O/c17-15-5-13(24)6-16(18)14(15)8-23(22-9-20-21-10-22)12-3-1-11(7-19)2-4-12/h1-6,9-10,24H,8H2. The molecule has 3 aromatic rings. The summed E-state index contributed by atoms with van der Waals surface area (Å²) in [6.07, 6.45) is 3.08. The van der Waals surface area contributed by atoms with Crippen LogP contribution in [-0.2, 0) is 6.54 Å². The van der Waals surface area contributed by atoms with Gasteiger partial charge >= 0.3 is 0 Å². The van der Waals surface area contributed by atoms with Crippen LogP contribution < -0.4 is 5.01 Å². The Hall–Kier alpha value is -2.75. The molecule has 0 spiro atoms. The Morgan fingerprint density at radius 1 is 1.08 bits per heavy atom. The number of aromatic nitrogens is 3. The van der Waals surface area contributed by atoms with Crippen molar-refractivity contribution in [2.24, 2.45) is 0 Å². The fourth-order valence-corrected chi connectivity index (χ4v) is 2.82. The molecule has 0 fully saturated rings. The van der Waals surface area contributed by atoms with Crippen molar-refractivity contribution in [2.45, 2.75) is 6.54 Å². The normalized spacial score (nSPS) is 10.4. The van der Waals surface area contributed by atoms with Gasteiger partial charge in [0.05, 0.1) is 33.9 Å². The maximum atomic E-state index is 9.57. The molecule has 0 radical (unpaired) electrons. The second-order valence-electron chi connectivity index (χ2n) is 4.95. The van der Waals surface area contributed by atoms with Gasteiger partial charge in [0, 0.05) is 5.56 Å². The molecule has 1 aromatic heterocycles. The number of halogens is 2. The number of phenols is 1. The highest BCUT2D eigenvalue weighted by atomic mass is 35.5. The molecule has 2 aromatic carbocycles. The Kier molecular flexibility index (Phi) is 4.56. The zero-order valence-corrected chi connectivity index (χ0v) is 13.8. The van der Waals surface area contributed by atoms with Crippen molar-refractivity contribution in [3.8, 4) is 11.8 Å². The van der Waals surface area contributed by atoms with Gasteiger partial charge in [0.1, 0.15) is 18.4 Å². The smallest absolute Gasteiger partial charge is 0.139 e. The highest BCUT2D eigenvalue weighted by molar-refractivity contribution is 6.36. The van der Waals surface area contributed by atoms with E-state index in [4.69, 9.17) is 28.5 Å². The van der Waals surface area contributed by atoms with Gasteiger partial charge in [0.15, 0.2) is 0 Å². The summed E-state index contributed by atoms with van der Waals surface area (Å²) >= 11 is 12.4. The van der Waals surface area contributed by atoms with Gasteiger partial charge in [0.2, 0.25) is 0 Å². The minimum atomic E-state index is 0.00275. The maximum Gasteiger partial charge on any atom is 0.139 e. The predicted molar refractivity (Wildman–Crippen MR) is 90.9 cm³/mol. The molecule has 0 saturated carbocycles. The first-order valence-electron chi connectivity index (χ1n) is 6.88. The van der Waals surface area contributed by atoms with Gasteiger partial charge in [-0.3, -0.25) is 5.01 Å². The van der Waals surface area contributed by atoms with E-state index in [0.29, 0.717) is 27.7 Å². The number of nitrogens with zero attached hydrogens (tertiary/aromatic N) is 5. The van der Waals surface area contributed by atoms with Crippen LogP contribution in [0.5, 0.6) is 5.75 Å². The number of hydrogen-bond acceptors (Lipinski definition) is 5. The van der Waals surface area contributed by atoms with Gasteiger partial charge in [-0.25, -0.2) is 4.68 Å². The van der Waals surface area contributed by atoms with E-state index in [9.17, 15) is 5.11 Å². The van der Waals surface area contributed by atoms with E-state index in [0.717, 1.165) is 5.69 Å². The third-order valence-corrected chi connectivity index (χ3v) is 4.09. The Bertz CT molecular complexity index is 865. The fraction of sp³-hybridized carbons (Fsp3) is 0.0625. The monoisotopic (exact) mass is 359 g/mol. The average molecular weight is 360 g/mol. The summed E-state index contributed by atoms with van der Waals surface area (Å²) in [4.78, 5) is 0. The molecule has 0 unspecified atom stereocenters. The summed E-state index contributed by atoms with van der Waals surface area (Å²) in [5.74, 6) is 0.00275. The lowest BCUT2D eigenvalue weighted by Gasteiger charge is -2.26. The maximum absolute atomic E-state index is 9.57. The summed E-state index contributed by atoms with van der Waals surface area (Å²) in [7, 11) is 0. The Morgan fingerprint density at radius 3 is 2.21 bits per heavy atom. The zero-order valence-electron chi connectivity index (χ0n) is 12.3. The van der Waals surface area contributed by atoms with Crippen molar-refractivity contribution in [3.05, 3.63) is 70.2 Å². The number of anilines is 1. The van der Waals surface area contributed by atoms with E-state index in [1.807, 2.05) is 5.01 Å². The van der Waals surface area contributed by atoms with Gasteiger partial charge in [-0.15, -0.1) is 10.2 Å². The largest absolute Gasteiger partial charge is 0.508 e. The SMILES string of the molecule is N#Cc1ccc(N(Cc2c(Cl)cc(O)cc2Cl)n2cnnc2)cc1. The molecule has 6 nitrogen and oxygen atoms in total. The van der Waals surface area contributed by atoms with Crippen molar-refractivity contribution >= 4 is 28.9 Å². The van der Waals surface area contributed by atoms with Crippen molar-refractivity contribution in [2.75, 3.05) is 5.01 Å². The third-order valence-electron chi connectivity index (χ3n) is 3.41. The number of rotatable bonds is 4. The molecule has 120 valence electrons. The molecule has 0 aliphatic heterocycles. The zero-order chi connectivity index (χ0) is 17.1. The van der Waals surface area contributed by atoms with E-state index in [-0.39, 0.29) is 5.75 Å². The van der Waals surface area contributed by atoms with Crippen LogP contribution in [0.2, 0.25) is 10.0 Å². The van der Waals surface area contributed by atoms with E-state index in [1.54, 1.807) is 41.6 Å². The van der Waals surface area contributed by atoms with Gasteiger partial charge in [-0.1, -0.05) is 23.2 Å². The number of phenolic OH excluding ortho intramolecular Hbond substituents is 1. The van der Waals surface area contributed by atoms with Gasteiger partial charge in [-0.05, 0) is 36.4 Å².